The third-order valence-electron chi connectivity index (χ3n) is 3.97. The van der Waals surface area contributed by atoms with Gasteiger partial charge in [-0.2, -0.15) is 5.10 Å². The molecule has 1 aliphatic rings. The van der Waals surface area contributed by atoms with Gasteiger partial charge < -0.3 is 10.0 Å². The van der Waals surface area contributed by atoms with E-state index in [-0.39, 0.29) is 17.8 Å². The van der Waals surface area contributed by atoms with E-state index in [1.165, 1.54) is 12.1 Å². The van der Waals surface area contributed by atoms with Crippen molar-refractivity contribution in [1.29, 1.82) is 0 Å². The quantitative estimate of drug-likeness (QED) is 0.936. The van der Waals surface area contributed by atoms with Crippen molar-refractivity contribution in [3.63, 3.8) is 0 Å². The first-order valence-electron chi connectivity index (χ1n) is 7.34. The summed E-state index contributed by atoms with van der Waals surface area (Å²) in [4.78, 5) is 14.1. The zero-order valence-corrected chi connectivity index (χ0v) is 12.1. The summed E-state index contributed by atoms with van der Waals surface area (Å²) in [7, 11) is 0. The van der Waals surface area contributed by atoms with Gasteiger partial charge in [-0.3, -0.25) is 9.48 Å². The molecule has 0 spiro atoms. The molecule has 1 amide bonds. The van der Waals surface area contributed by atoms with Crippen LogP contribution in [0.25, 0.3) is 0 Å². The van der Waals surface area contributed by atoms with E-state index in [0.29, 0.717) is 25.9 Å². The van der Waals surface area contributed by atoms with Crippen molar-refractivity contribution in [1.82, 2.24) is 14.7 Å². The van der Waals surface area contributed by atoms with Crippen LogP contribution in [0.1, 0.15) is 24.4 Å². The minimum absolute atomic E-state index is 0.0265. The number of amides is 1. The number of aryl methyl sites for hydroxylation is 1. The van der Waals surface area contributed by atoms with Crippen LogP contribution < -0.4 is 0 Å². The number of benzene rings is 1. The summed E-state index contributed by atoms with van der Waals surface area (Å²) < 4.78 is 14.7. The number of rotatable bonds is 4. The van der Waals surface area contributed by atoms with E-state index in [4.69, 9.17) is 0 Å². The molecule has 1 aromatic heterocycles. The number of likely N-dealkylation sites (tertiary alicyclic amines) is 1. The maximum Gasteiger partial charge on any atom is 0.225 e. The summed E-state index contributed by atoms with van der Waals surface area (Å²) in [6, 6.07) is 7.72. The SMILES string of the molecule is O=C(CCn1cccn1)N1C[C@@H](O)C[C@H]1c1ccc(F)cc1. The molecule has 2 atom stereocenters. The molecule has 3 rings (SSSR count). The monoisotopic (exact) mass is 303 g/mol. The Kier molecular flexibility index (Phi) is 4.20. The van der Waals surface area contributed by atoms with E-state index in [1.54, 1.807) is 27.9 Å². The summed E-state index contributed by atoms with van der Waals surface area (Å²) in [5.41, 5.74) is 0.852. The smallest absolute Gasteiger partial charge is 0.225 e. The van der Waals surface area contributed by atoms with E-state index in [1.807, 2.05) is 12.3 Å². The standard InChI is InChI=1S/C16H18FN3O2/c17-13-4-2-12(3-5-13)15-10-14(21)11-20(15)16(22)6-9-19-8-1-7-18-19/h1-5,7-8,14-15,21H,6,9-11H2/t14-,15-/m0/s1. The van der Waals surface area contributed by atoms with Gasteiger partial charge in [-0.05, 0) is 30.2 Å². The molecule has 2 heterocycles. The van der Waals surface area contributed by atoms with Crippen LogP contribution >= 0.6 is 0 Å². The molecule has 5 nitrogen and oxygen atoms in total. The van der Waals surface area contributed by atoms with Crippen LogP contribution in [0.15, 0.2) is 42.7 Å². The lowest BCUT2D eigenvalue weighted by Crippen LogP contribution is -2.32. The van der Waals surface area contributed by atoms with Crippen molar-refractivity contribution in [2.24, 2.45) is 0 Å². The Balaban J connectivity index is 1.69. The molecule has 0 unspecified atom stereocenters. The van der Waals surface area contributed by atoms with Gasteiger partial charge in [-0.25, -0.2) is 4.39 Å². The molecule has 116 valence electrons. The Bertz CT molecular complexity index is 627. The molecule has 1 saturated heterocycles. The highest BCUT2D eigenvalue weighted by Crippen LogP contribution is 2.32. The normalized spacial score (nSPS) is 21.3. The number of nitrogens with zero attached hydrogens (tertiary/aromatic N) is 3. The van der Waals surface area contributed by atoms with Gasteiger partial charge in [-0.1, -0.05) is 12.1 Å². The van der Waals surface area contributed by atoms with E-state index >= 15 is 0 Å². The Morgan fingerprint density at radius 1 is 1.36 bits per heavy atom. The second-order valence-electron chi connectivity index (χ2n) is 5.52. The minimum atomic E-state index is -0.538. The second-order valence-corrected chi connectivity index (χ2v) is 5.52. The van der Waals surface area contributed by atoms with Crippen LogP contribution in [0.3, 0.4) is 0 Å². The van der Waals surface area contributed by atoms with Crippen LogP contribution in [-0.2, 0) is 11.3 Å². The lowest BCUT2D eigenvalue weighted by Gasteiger charge is -2.25. The molecule has 1 fully saturated rings. The van der Waals surface area contributed by atoms with Crippen molar-refractivity contribution in [3.05, 3.63) is 54.1 Å². The summed E-state index contributed by atoms with van der Waals surface area (Å²) in [6.07, 6.45) is 3.75. The van der Waals surface area contributed by atoms with E-state index in [0.717, 1.165) is 5.56 Å². The first-order valence-corrected chi connectivity index (χ1v) is 7.34. The van der Waals surface area contributed by atoms with Crippen LogP contribution in [0.5, 0.6) is 0 Å². The first kappa shape index (κ1) is 14.7. The lowest BCUT2D eigenvalue weighted by molar-refractivity contribution is -0.132. The summed E-state index contributed by atoms with van der Waals surface area (Å²) in [6.45, 7) is 0.828. The fourth-order valence-corrected chi connectivity index (χ4v) is 2.88. The number of β-amino-alcohol motifs (C(OH)–C–C–N with tert-alkyl or cyclic N) is 1. The lowest BCUT2D eigenvalue weighted by atomic mass is 10.0. The average Bonchev–Trinajstić information content (AvgIpc) is 3.15. The maximum atomic E-state index is 13.0. The fourth-order valence-electron chi connectivity index (χ4n) is 2.88. The Morgan fingerprint density at radius 3 is 2.82 bits per heavy atom. The Labute approximate surface area is 128 Å². The molecule has 22 heavy (non-hydrogen) atoms. The van der Waals surface area contributed by atoms with Crippen molar-refractivity contribution in [2.45, 2.75) is 31.5 Å². The third-order valence-corrected chi connectivity index (χ3v) is 3.97. The summed E-state index contributed by atoms with van der Waals surface area (Å²) in [5.74, 6) is -0.333. The molecule has 0 radical (unpaired) electrons. The van der Waals surface area contributed by atoms with Crippen molar-refractivity contribution in [3.8, 4) is 0 Å². The van der Waals surface area contributed by atoms with E-state index < -0.39 is 6.10 Å². The molecule has 1 N–H and O–H groups in total. The molecular weight excluding hydrogens is 285 g/mol. The molecule has 6 heteroatoms. The number of carbonyl (C=O) groups excluding carboxylic acids is 1. The van der Waals surface area contributed by atoms with Crippen LogP contribution in [-0.4, -0.2) is 38.3 Å². The molecular formula is C16H18FN3O2. The number of aliphatic hydroxyl groups excluding tert-OH is 1. The molecule has 1 aromatic carbocycles. The number of hydrogen-bond acceptors (Lipinski definition) is 3. The summed E-state index contributed by atoms with van der Waals surface area (Å²) in [5, 5.41) is 14.0. The van der Waals surface area contributed by atoms with Gasteiger partial charge in [-0.15, -0.1) is 0 Å². The second kappa shape index (κ2) is 6.27. The number of aromatic nitrogens is 2. The summed E-state index contributed by atoms with van der Waals surface area (Å²) >= 11 is 0. The highest BCUT2D eigenvalue weighted by molar-refractivity contribution is 5.77. The van der Waals surface area contributed by atoms with Gasteiger partial charge in [0.1, 0.15) is 5.82 Å². The van der Waals surface area contributed by atoms with Gasteiger partial charge in [0.25, 0.3) is 0 Å². The van der Waals surface area contributed by atoms with Crippen molar-refractivity contribution >= 4 is 5.91 Å². The van der Waals surface area contributed by atoms with Gasteiger partial charge in [0.15, 0.2) is 0 Å². The first-order chi connectivity index (χ1) is 10.6. The number of halogens is 1. The number of aliphatic hydroxyl groups is 1. The molecule has 0 saturated carbocycles. The molecule has 1 aliphatic heterocycles. The van der Waals surface area contributed by atoms with Crippen LogP contribution in [0.2, 0.25) is 0 Å². The van der Waals surface area contributed by atoms with E-state index in [9.17, 15) is 14.3 Å². The number of carbonyl (C=O) groups is 1. The predicted molar refractivity (Wildman–Crippen MR) is 78.3 cm³/mol. The zero-order chi connectivity index (χ0) is 15.5. The highest BCUT2D eigenvalue weighted by atomic mass is 19.1. The Hall–Kier alpha value is -2.21. The zero-order valence-electron chi connectivity index (χ0n) is 12.1. The highest BCUT2D eigenvalue weighted by Gasteiger charge is 2.34. The average molecular weight is 303 g/mol. The van der Waals surface area contributed by atoms with E-state index in [2.05, 4.69) is 5.10 Å². The van der Waals surface area contributed by atoms with Crippen LogP contribution in [0, 0.1) is 5.82 Å². The van der Waals surface area contributed by atoms with Crippen molar-refractivity contribution in [2.75, 3.05) is 6.54 Å². The fraction of sp³-hybridized carbons (Fsp3) is 0.375. The molecule has 2 aromatic rings. The van der Waals surface area contributed by atoms with Crippen molar-refractivity contribution < 1.29 is 14.3 Å². The molecule has 0 aliphatic carbocycles. The number of hydrogen-bond donors (Lipinski definition) is 1. The predicted octanol–water partition coefficient (Wildman–Crippen LogP) is 1.75. The largest absolute Gasteiger partial charge is 0.391 e. The van der Waals surface area contributed by atoms with Gasteiger partial charge in [0.2, 0.25) is 5.91 Å². The van der Waals surface area contributed by atoms with Crippen LogP contribution in [0.4, 0.5) is 4.39 Å². The molecule has 0 bridgehead atoms. The van der Waals surface area contributed by atoms with Gasteiger partial charge in [0, 0.05) is 31.9 Å². The van der Waals surface area contributed by atoms with Gasteiger partial charge in [0.05, 0.1) is 12.1 Å². The third kappa shape index (κ3) is 3.17. The Morgan fingerprint density at radius 2 is 2.14 bits per heavy atom. The minimum Gasteiger partial charge on any atom is -0.391 e. The van der Waals surface area contributed by atoms with Gasteiger partial charge >= 0.3 is 0 Å². The topological polar surface area (TPSA) is 58.4 Å². The maximum absolute atomic E-state index is 13.0.